The lowest BCUT2D eigenvalue weighted by Crippen LogP contribution is -2.31. The topological polar surface area (TPSA) is 46.6 Å². The fourth-order valence-corrected chi connectivity index (χ4v) is 2.33. The van der Waals surface area contributed by atoms with Gasteiger partial charge in [-0.1, -0.05) is 18.2 Å². The third kappa shape index (κ3) is 5.95. The molecule has 0 saturated carbocycles. The Morgan fingerprint density at radius 2 is 1.65 bits per heavy atom. The van der Waals surface area contributed by atoms with E-state index in [1.807, 2.05) is 12.1 Å². The van der Waals surface area contributed by atoms with E-state index in [9.17, 15) is 18.4 Å². The molecule has 0 saturated heterocycles. The Labute approximate surface area is 151 Å². The molecule has 2 rings (SSSR count). The second-order valence-electron chi connectivity index (χ2n) is 6.13. The first-order valence-corrected chi connectivity index (χ1v) is 8.24. The molecule has 1 amide bonds. The Morgan fingerprint density at radius 1 is 1.00 bits per heavy atom. The van der Waals surface area contributed by atoms with Crippen LogP contribution in [-0.2, 0) is 22.6 Å². The monoisotopic (exact) mass is 361 g/mol. The third-order valence-corrected chi connectivity index (χ3v) is 3.88. The van der Waals surface area contributed by atoms with Crippen LogP contribution >= 0.6 is 0 Å². The van der Waals surface area contributed by atoms with E-state index in [1.165, 1.54) is 11.0 Å². The van der Waals surface area contributed by atoms with Gasteiger partial charge in [-0.15, -0.1) is 0 Å². The number of ketones is 1. The van der Waals surface area contributed by atoms with Gasteiger partial charge >= 0.3 is 0 Å². The standard InChI is InChI=1S/C20H21F2NO3/c1-14(24)3-4-15-5-8-17(9-6-15)26-13-20(25)23(2)12-16-7-10-18(21)19(22)11-16/h5-11H,3-4,12-13H2,1-2H3. The predicted molar refractivity (Wildman–Crippen MR) is 93.8 cm³/mol. The molecule has 0 aliphatic heterocycles. The van der Waals surface area contributed by atoms with Crippen molar-refractivity contribution < 1.29 is 23.1 Å². The molecule has 138 valence electrons. The van der Waals surface area contributed by atoms with Gasteiger partial charge in [-0.2, -0.15) is 0 Å². The van der Waals surface area contributed by atoms with Gasteiger partial charge < -0.3 is 14.4 Å². The number of halogens is 2. The predicted octanol–water partition coefficient (Wildman–Crippen LogP) is 3.52. The van der Waals surface area contributed by atoms with Gasteiger partial charge in [-0.05, 0) is 48.7 Å². The van der Waals surface area contributed by atoms with Crippen molar-refractivity contribution in [2.24, 2.45) is 0 Å². The van der Waals surface area contributed by atoms with Crippen molar-refractivity contribution in [2.75, 3.05) is 13.7 Å². The lowest BCUT2D eigenvalue weighted by atomic mass is 10.1. The van der Waals surface area contributed by atoms with Gasteiger partial charge in [0.1, 0.15) is 11.5 Å². The smallest absolute Gasteiger partial charge is 0.260 e. The van der Waals surface area contributed by atoms with E-state index in [4.69, 9.17) is 4.74 Å². The minimum Gasteiger partial charge on any atom is -0.484 e. The van der Waals surface area contributed by atoms with Crippen LogP contribution in [0.5, 0.6) is 5.75 Å². The van der Waals surface area contributed by atoms with Crippen LogP contribution in [0.3, 0.4) is 0 Å². The maximum atomic E-state index is 13.2. The molecular weight excluding hydrogens is 340 g/mol. The molecule has 0 aliphatic carbocycles. The Morgan fingerprint density at radius 3 is 2.27 bits per heavy atom. The molecule has 2 aromatic rings. The second kappa shape index (κ2) is 9.08. The molecule has 0 unspecified atom stereocenters. The number of benzene rings is 2. The Balaban J connectivity index is 1.83. The van der Waals surface area contributed by atoms with Crippen molar-refractivity contribution in [3.63, 3.8) is 0 Å². The van der Waals surface area contributed by atoms with Crippen molar-refractivity contribution in [2.45, 2.75) is 26.3 Å². The fraction of sp³-hybridized carbons (Fsp3) is 0.300. The number of aryl methyl sites for hydroxylation is 1. The number of Topliss-reactive ketones (excluding diaryl/α,β-unsaturated/α-hetero) is 1. The molecule has 0 aliphatic rings. The maximum absolute atomic E-state index is 13.2. The van der Waals surface area contributed by atoms with E-state index in [-0.39, 0.29) is 24.8 Å². The molecule has 0 N–H and O–H groups in total. The lowest BCUT2D eigenvalue weighted by molar-refractivity contribution is -0.132. The van der Waals surface area contributed by atoms with Crippen LogP contribution in [-0.4, -0.2) is 30.2 Å². The van der Waals surface area contributed by atoms with Gasteiger partial charge in [0.05, 0.1) is 0 Å². The average Bonchev–Trinajstić information content (AvgIpc) is 2.61. The number of rotatable bonds is 8. The highest BCUT2D eigenvalue weighted by molar-refractivity contribution is 5.77. The number of amides is 1. The Bertz CT molecular complexity index is 775. The highest BCUT2D eigenvalue weighted by Crippen LogP contribution is 2.14. The highest BCUT2D eigenvalue weighted by atomic mass is 19.2. The molecule has 2 aromatic carbocycles. The van der Waals surface area contributed by atoms with Crippen LogP contribution in [0.1, 0.15) is 24.5 Å². The molecular formula is C20H21F2NO3. The first kappa shape index (κ1) is 19.6. The summed E-state index contributed by atoms with van der Waals surface area (Å²) in [6.07, 6.45) is 1.17. The van der Waals surface area contributed by atoms with Crippen LogP contribution in [0, 0.1) is 11.6 Å². The van der Waals surface area contributed by atoms with Gasteiger partial charge in [0.15, 0.2) is 18.2 Å². The first-order chi connectivity index (χ1) is 12.3. The summed E-state index contributed by atoms with van der Waals surface area (Å²) in [6, 6.07) is 10.7. The van der Waals surface area contributed by atoms with E-state index >= 15 is 0 Å². The summed E-state index contributed by atoms with van der Waals surface area (Å²) in [7, 11) is 1.57. The molecule has 0 atom stereocenters. The SMILES string of the molecule is CC(=O)CCc1ccc(OCC(=O)N(C)Cc2ccc(F)c(F)c2)cc1. The number of ether oxygens (including phenoxy) is 1. The van der Waals surface area contributed by atoms with Crippen molar-refractivity contribution in [3.8, 4) is 5.75 Å². The van der Waals surface area contributed by atoms with Crippen LogP contribution in [0.25, 0.3) is 0 Å². The Hall–Kier alpha value is -2.76. The molecule has 0 fully saturated rings. The quantitative estimate of drug-likeness (QED) is 0.723. The molecule has 0 spiro atoms. The van der Waals surface area contributed by atoms with Gasteiger partial charge in [-0.3, -0.25) is 4.79 Å². The van der Waals surface area contributed by atoms with Crippen LogP contribution < -0.4 is 4.74 Å². The largest absolute Gasteiger partial charge is 0.484 e. The molecule has 0 aromatic heterocycles. The minimum absolute atomic E-state index is 0.139. The number of hydrogen-bond donors (Lipinski definition) is 0. The third-order valence-electron chi connectivity index (χ3n) is 3.88. The second-order valence-corrected chi connectivity index (χ2v) is 6.13. The zero-order valence-corrected chi connectivity index (χ0v) is 14.8. The molecule has 0 bridgehead atoms. The summed E-state index contributed by atoms with van der Waals surface area (Å²) in [6.45, 7) is 1.55. The zero-order valence-electron chi connectivity index (χ0n) is 14.8. The van der Waals surface area contributed by atoms with Crippen molar-refractivity contribution in [1.82, 2.24) is 4.90 Å². The maximum Gasteiger partial charge on any atom is 0.260 e. The summed E-state index contributed by atoms with van der Waals surface area (Å²) in [5.41, 5.74) is 1.52. The number of carbonyl (C=O) groups is 2. The lowest BCUT2D eigenvalue weighted by Gasteiger charge is -2.17. The summed E-state index contributed by atoms with van der Waals surface area (Å²) in [5.74, 6) is -1.45. The summed E-state index contributed by atoms with van der Waals surface area (Å²) >= 11 is 0. The molecule has 0 radical (unpaired) electrons. The van der Waals surface area contributed by atoms with Gasteiger partial charge in [0.25, 0.3) is 5.91 Å². The van der Waals surface area contributed by atoms with E-state index in [2.05, 4.69) is 0 Å². The summed E-state index contributed by atoms with van der Waals surface area (Å²) in [5, 5.41) is 0. The van der Waals surface area contributed by atoms with Crippen molar-refractivity contribution >= 4 is 11.7 Å². The average molecular weight is 361 g/mol. The molecule has 4 nitrogen and oxygen atoms in total. The normalized spacial score (nSPS) is 10.5. The number of carbonyl (C=O) groups excluding carboxylic acids is 2. The van der Waals surface area contributed by atoms with Gasteiger partial charge in [0, 0.05) is 20.0 Å². The van der Waals surface area contributed by atoms with E-state index in [0.29, 0.717) is 24.2 Å². The fourth-order valence-electron chi connectivity index (χ4n) is 2.33. The van der Waals surface area contributed by atoms with Crippen molar-refractivity contribution in [3.05, 3.63) is 65.2 Å². The summed E-state index contributed by atoms with van der Waals surface area (Å²) < 4.78 is 31.6. The van der Waals surface area contributed by atoms with Gasteiger partial charge in [0.2, 0.25) is 0 Å². The van der Waals surface area contributed by atoms with E-state index in [1.54, 1.807) is 26.1 Å². The summed E-state index contributed by atoms with van der Waals surface area (Å²) in [4.78, 5) is 24.5. The number of nitrogens with zero attached hydrogens (tertiary/aromatic N) is 1. The zero-order chi connectivity index (χ0) is 19.1. The highest BCUT2D eigenvalue weighted by Gasteiger charge is 2.12. The number of hydrogen-bond acceptors (Lipinski definition) is 3. The first-order valence-electron chi connectivity index (χ1n) is 8.24. The Kier molecular flexibility index (Phi) is 6.83. The van der Waals surface area contributed by atoms with Crippen LogP contribution in [0.4, 0.5) is 8.78 Å². The van der Waals surface area contributed by atoms with Crippen LogP contribution in [0.2, 0.25) is 0 Å². The number of likely N-dealkylation sites (N-methyl/N-ethyl adjacent to an activating group) is 1. The minimum atomic E-state index is -0.940. The van der Waals surface area contributed by atoms with Crippen molar-refractivity contribution in [1.29, 1.82) is 0 Å². The van der Waals surface area contributed by atoms with Gasteiger partial charge in [-0.25, -0.2) is 8.78 Å². The van der Waals surface area contributed by atoms with E-state index in [0.717, 1.165) is 17.7 Å². The molecule has 0 heterocycles. The van der Waals surface area contributed by atoms with E-state index < -0.39 is 11.6 Å². The van der Waals surface area contributed by atoms with Crippen LogP contribution in [0.15, 0.2) is 42.5 Å². The molecule has 26 heavy (non-hydrogen) atoms. The molecule has 6 heteroatoms.